The molecule has 0 aliphatic carbocycles. The van der Waals surface area contributed by atoms with E-state index in [0.717, 1.165) is 10.5 Å². The highest BCUT2D eigenvalue weighted by Gasteiger charge is 2.49. The lowest BCUT2D eigenvalue weighted by Gasteiger charge is -2.24. The number of hydrogen-bond acceptors (Lipinski definition) is 6. The number of nitrogens with zero attached hydrogens (tertiary/aromatic N) is 2. The number of benzene rings is 2. The Bertz CT molecular complexity index is 1120. The monoisotopic (exact) mass is 454 g/mol. The highest BCUT2D eigenvalue weighted by atomic mass is 16.6. The van der Waals surface area contributed by atoms with Crippen molar-refractivity contribution in [3.63, 3.8) is 0 Å². The molecule has 1 unspecified atom stereocenters. The molecule has 1 fully saturated rings. The molecular weight excluding hydrogens is 428 g/mol. The van der Waals surface area contributed by atoms with Crippen LogP contribution in [-0.2, 0) is 20.5 Å². The number of nitrogens with one attached hydrogen (secondary N) is 2. The van der Waals surface area contributed by atoms with Crippen LogP contribution in [0.5, 0.6) is 5.75 Å². The summed E-state index contributed by atoms with van der Waals surface area (Å²) in [4.78, 5) is 49.6. The van der Waals surface area contributed by atoms with Crippen molar-refractivity contribution in [3.05, 3.63) is 63.7 Å². The Morgan fingerprint density at radius 3 is 2.36 bits per heavy atom. The second-order valence-electron chi connectivity index (χ2n) is 8.96. The number of methoxy groups -OCH3 is 1. The molecule has 0 saturated carbocycles. The van der Waals surface area contributed by atoms with Gasteiger partial charge in [0, 0.05) is 0 Å². The van der Waals surface area contributed by atoms with Crippen LogP contribution in [-0.4, -0.2) is 41.3 Å². The van der Waals surface area contributed by atoms with Crippen LogP contribution in [0.15, 0.2) is 42.5 Å². The first kappa shape index (κ1) is 23.7. The molecule has 2 aromatic carbocycles. The number of urea groups is 1. The van der Waals surface area contributed by atoms with E-state index >= 15 is 0 Å². The van der Waals surface area contributed by atoms with Gasteiger partial charge in [-0.3, -0.25) is 24.6 Å². The number of nitro benzene ring substituents is 1. The van der Waals surface area contributed by atoms with E-state index in [9.17, 15) is 24.5 Å². The average molecular weight is 454 g/mol. The molecule has 1 atom stereocenters. The van der Waals surface area contributed by atoms with Gasteiger partial charge in [0.05, 0.1) is 18.1 Å². The molecule has 1 heterocycles. The van der Waals surface area contributed by atoms with E-state index in [4.69, 9.17) is 4.74 Å². The normalized spacial score (nSPS) is 18.2. The lowest BCUT2D eigenvalue weighted by Crippen LogP contribution is -2.42. The zero-order valence-electron chi connectivity index (χ0n) is 19.1. The Morgan fingerprint density at radius 1 is 1.18 bits per heavy atom. The van der Waals surface area contributed by atoms with Crippen molar-refractivity contribution in [2.75, 3.05) is 19.0 Å². The van der Waals surface area contributed by atoms with Crippen molar-refractivity contribution in [2.24, 2.45) is 0 Å². The maximum absolute atomic E-state index is 13.1. The van der Waals surface area contributed by atoms with Crippen molar-refractivity contribution in [2.45, 2.75) is 38.6 Å². The van der Waals surface area contributed by atoms with Gasteiger partial charge in [-0.1, -0.05) is 45.0 Å². The lowest BCUT2D eigenvalue weighted by atomic mass is 9.84. The highest BCUT2D eigenvalue weighted by Crippen LogP contribution is 2.32. The molecule has 0 spiro atoms. The van der Waals surface area contributed by atoms with Crippen molar-refractivity contribution >= 4 is 29.2 Å². The fourth-order valence-electron chi connectivity index (χ4n) is 3.57. The number of carbonyl (C=O) groups is 3. The van der Waals surface area contributed by atoms with Gasteiger partial charge in [0.25, 0.3) is 11.6 Å². The Hall–Kier alpha value is -3.95. The zero-order valence-corrected chi connectivity index (χ0v) is 19.1. The van der Waals surface area contributed by atoms with Crippen LogP contribution in [0.1, 0.15) is 38.8 Å². The summed E-state index contributed by atoms with van der Waals surface area (Å²) in [6.07, 6.45) is 0. The van der Waals surface area contributed by atoms with Gasteiger partial charge in [0.2, 0.25) is 5.91 Å². The molecular formula is C23H26N4O6. The predicted octanol–water partition coefficient (Wildman–Crippen LogP) is 3.31. The maximum Gasteiger partial charge on any atom is 0.325 e. The summed E-state index contributed by atoms with van der Waals surface area (Å²) in [5.41, 5.74) is -0.190. The number of imide groups is 1. The predicted molar refractivity (Wildman–Crippen MR) is 121 cm³/mol. The summed E-state index contributed by atoms with van der Waals surface area (Å²) in [6.45, 7) is 7.19. The van der Waals surface area contributed by atoms with Crippen LogP contribution in [0, 0.1) is 10.1 Å². The molecule has 1 saturated heterocycles. The number of nitro groups is 1. The third-order valence-electron chi connectivity index (χ3n) is 5.58. The first-order valence-electron chi connectivity index (χ1n) is 10.2. The van der Waals surface area contributed by atoms with Gasteiger partial charge in [-0.15, -0.1) is 0 Å². The number of anilines is 1. The second kappa shape index (κ2) is 8.53. The lowest BCUT2D eigenvalue weighted by molar-refractivity contribution is -0.384. The van der Waals surface area contributed by atoms with Crippen molar-refractivity contribution in [1.82, 2.24) is 10.2 Å². The molecule has 3 rings (SSSR count). The van der Waals surface area contributed by atoms with Gasteiger partial charge >= 0.3 is 6.03 Å². The highest BCUT2D eigenvalue weighted by molar-refractivity contribution is 6.10. The topological polar surface area (TPSA) is 131 Å². The van der Waals surface area contributed by atoms with E-state index < -0.39 is 34.9 Å². The van der Waals surface area contributed by atoms with Crippen LogP contribution in [0.3, 0.4) is 0 Å². The van der Waals surface area contributed by atoms with Gasteiger partial charge in [-0.2, -0.15) is 0 Å². The summed E-state index contributed by atoms with van der Waals surface area (Å²) in [5, 5.41) is 16.4. The first-order valence-corrected chi connectivity index (χ1v) is 10.2. The summed E-state index contributed by atoms with van der Waals surface area (Å²) in [7, 11) is 1.36. The Labute approximate surface area is 191 Å². The number of hydrogen-bond donors (Lipinski definition) is 2. The van der Waals surface area contributed by atoms with E-state index in [2.05, 4.69) is 31.4 Å². The summed E-state index contributed by atoms with van der Waals surface area (Å²) < 4.78 is 4.97. The molecule has 10 nitrogen and oxygen atoms in total. The van der Waals surface area contributed by atoms with Gasteiger partial charge in [-0.25, -0.2) is 4.79 Å². The molecule has 2 aromatic rings. The van der Waals surface area contributed by atoms with E-state index in [-0.39, 0.29) is 22.5 Å². The minimum absolute atomic E-state index is 0.0709. The summed E-state index contributed by atoms with van der Waals surface area (Å²) >= 11 is 0. The summed E-state index contributed by atoms with van der Waals surface area (Å²) in [5.74, 6) is -1.09. The molecule has 0 aromatic heterocycles. The summed E-state index contributed by atoms with van der Waals surface area (Å²) in [6, 6.07) is 10.6. The van der Waals surface area contributed by atoms with E-state index in [0.29, 0.717) is 5.56 Å². The third-order valence-corrected chi connectivity index (χ3v) is 5.58. The van der Waals surface area contributed by atoms with Crippen molar-refractivity contribution in [1.29, 1.82) is 0 Å². The minimum Gasteiger partial charge on any atom is -0.496 e. The minimum atomic E-state index is -1.33. The number of carbonyl (C=O) groups excluding carboxylic acids is 3. The first-order chi connectivity index (χ1) is 15.4. The molecule has 4 amide bonds. The Balaban J connectivity index is 1.78. The molecule has 0 bridgehead atoms. The van der Waals surface area contributed by atoms with E-state index in [1.165, 1.54) is 25.3 Å². The molecule has 174 valence electrons. The quantitative estimate of drug-likeness (QED) is 0.391. The average Bonchev–Trinajstić information content (AvgIpc) is 2.97. The fraction of sp³-hybridized carbons (Fsp3) is 0.348. The molecule has 1 aliphatic rings. The number of ether oxygens (including phenoxy) is 1. The van der Waals surface area contributed by atoms with Crippen LogP contribution < -0.4 is 15.4 Å². The van der Waals surface area contributed by atoms with Gasteiger partial charge in [0.1, 0.15) is 23.5 Å². The molecule has 33 heavy (non-hydrogen) atoms. The molecule has 10 heteroatoms. The third kappa shape index (κ3) is 4.64. The second-order valence-corrected chi connectivity index (χ2v) is 8.96. The van der Waals surface area contributed by atoms with E-state index in [1.54, 1.807) is 19.1 Å². The maximum atomic E-state index is 13.1. The zero-order chi connectivity index (χ0) is 24.6. The van der Waals surface area contributed by atoms with Crippen LogP contribution in [0.25, 0.3) is 0 Å². The smallest absolute Gasteiger partial charge is 0.325 e. The fourth-order valence-corrected chi connectivity index (χ4v) is 3.57. The van der Waals surface area contributed by atoms with Crippen molar-refractivity contribution in [3.8, 4) is 5.75 Å². The van der Waals surface area contributed by atoms with Gasteiger partial charge < -0.3 is 15.4 Å². The van der Waals surface area contributed by atoms with Crippen molar-refractivity contribution < 1.29 is 24.0 Å². The van der Waals surface area contributed by atoms with E-state index in [1.807, 2.05) is 12.1 Å². The van der Waals surface area contributed by atoms with Crippen LogP contribution >= 0.6 is 0 Å². The molecule has 2 N–H and O–H groups in total. The van der Waals surface area contributed by atoms with Crippen LogP contribution in [0.2, 0.25) is 0 Å². The SMILES string of the molecule is COc1ccc(NC(=O)CN2C(=O)NC(C)(c3ccc(C(C)(C)C)cc3)C2=O)c([N+](=O)[O-])c1. The van der Waals surface area contributed by atoms with Gasteiger partial charge in [-0.05, 0) is 35.6 Å². The number of rotatable bonds is 6. The standard InChI is InChI=1S/C23H26N4O6/c1-22(2,3)14-6-8-15(9-7-14)23(4)20(29)26(21(30)25-23)13-19(28)24-17-11-10-16(33-5)12-18(17)27(31)32/h6-12H,13H2,1-5H3,(H,24,28)(H,25,30). The Kier molecular flexibility index (Phi) is 6.13. The Morgan fingerprint density at radius 2 is 1.82 bits per heavy atom. The number of amides is 4. The molecule has 0 radical (unpaired) electrons. The molecule has 1 aliphatic heterocycles. The van der Waals surface area contributed by atoms with Gasteiger partial charge in [0.15, 0.2) is 0 Å². The largest absolute Gasteiger partial charge is 0.496 e. The van der Waals surface area contributed by atoms with Crippen LogP contribution in [0.4, 0.5) is 16.2 Å².